The molecule has 2 aliphatic rings. The molecule has 2 fully saturated rings. The van der Waals surface area contributed by atoms with Gasteiger partial charge in [-0.1, -0.05) is 52.8 Å². The van der Waals surface area contributed by atoms with Crippen molar-refractivity contribution in [2.45, 2.75) is 86.6 Å². The van der Waals surface area contributed by atoms with E-state index in [1.165, 1.54) is 0 Å². The van der Waals surface area contributed by atoms with E-state index < -0.39 is 15.5 Å². The van der Waals surface area contributed by atoms with Gasteiger partial charge in [0.15, 0.2) is 0 Å². The van der Waals surface area contributed by atoms with E-state index in [4.69, 9.17) is 9.17 Å². The van der Waals surface area contributed by atoms with Gasteiger partial charge in [-0.3, -0.25) is 9.20 Å². The Bertz CT molecular complexity index is 1580. The molecule has 7 nitrogen and oxygen atoms in total. The van der Waals surface area contributed by atoms with Crippen LogP contribution in [0.15, 0.2) is 42.6 Å². The first kappa shape index (κ1) is 28.7. The Labute approximate surface area is 238 Å². The number of pyridine rings is 1. The Morgan fingerprint density at radius 1 is 1.12 bits per heavy atom. The third-order valence-corrected chi connectivity index (χ3v) is 10.5. The van der Waals surface area contributed by atoms with Crippen molar-refractivity contribution in [1.82, 2.24) is 9.38 Å². The molecule has 2 aliphatic carbocycles. The lowest BCUT2D eigenvalue weighted by Crippen LogP contribution is -2.43. The van der Waals surface area contributed by atoms with Gasteiger partial charge in [-0.25, -0.2) is 4.98 Å². The van der Waals surface area contributed by atoms with Crippen LogP contribution in [0.1, 0.15) is 79.7 Å². The maximum absolute atomic E-state index is 13.4. The van der Waals surface area contributed by atoms with Crippen molar-refractivity contribution in [2.75, 3.05) is 11.1 Å². The largest absolute Gasteiger partial charge is 0.382 e. The molecule has 2 heterocycles. The highest BCUT2D eigenvalue weighted by Gasteiger charge is 2.65. The number of hydrogen-bond donors (Lipinski definition) is 1. The zero-order chi connectivity index (χ0) is 29.3. The van der Waals surface area contributed by atoms with E-state index in [2.05, 4.69) is 44.3 Å². The lowest BCUT2D eigenvalue weighted by molar-refractivity contribution is -0.128. The average molecular weight is 566 g/mol. The van der Waals surface area contributed by atoms with Gasteiger partial charge in [0.25, 0.3) is 0 Å². The predicted molar refractivity (Wildman–Crippen MR) is 160 cm³/mol. The van der Waals surface area contributed by atoms with Gasteiger partial charge in [0.2, 0.25) is 0 Å². The van der Waals surface area contributed by atoms with E-state index in [0.29, 0.717) is 12.8 Å². The topological polar surface area (TPSA) is 89.8 Å². The number of carbonyl (C=O) groups excluding carboxylic acids is 1. The lowest BCUT2D eigenvalue weighted by atomic mass is 9.70. The summed E-state index contributed by atoms with van der Waals surface area (Å²) in [6, 6.07) is 11.1. The average Bonchev–Trinajstić information content (AvgIpc) is 3.34. The molecule has 5 rings (SSSR count). The number of fused-ring (bicyclic) bond motifs is 3. The standard InChI is InChI=1S/C32H43N3O4S/c1-21-11-10-16-35-27(21)33-26(28(35)34-30(5,6)19-29(2,3)4)22-12-9-13-24(17-22)39-40(37,38)20-32-15-14-23(18-25(32)36)31(32,7)8/h9-13,16-17,23,34H,14-15,18-20H2,1-8H3. The van der Waals surface area contributed by atoms with Gasteiger partial charge >= 0.3 is 10.1 Å². The summed E-state index contributed by atoms with van der Waals surface area (Å²) in [7, 11) is -4.02. The second-order valence-corrected chi connectivity index (χ2v) is 16.0. The van der Waals surface area contributed by atoms with Crippen LogP contribution in [0, 0.1) is 29.1 Å². The Hall–Kier alpha value is -2.87. The predicted octanol–water partition coefficient (Wildman–Crippen LogP) is 7.04. The van der Waals surface area contributed by atoms with Crippen molar-refractivity contribution in [1.29, 1.82) is 0 Å². The molecule has 2 aromatic heterocycles. The number of anilines is 1. The first-order valence-corrected chi connectivity index (χ1v) is 15.8. The number of Topliss-reactive ketones (excluding diaryl/α,β-unsaturated/α-hetero) is 1. The molecule has 2 bridgehead atoms. The number of nitrogens with zero attached hydrogens (tertiary/aromatic N) is 2. The van der Waals surface area contributed by atoms with Gasteiger partial charge < -0.3 is 9.50 Å². The molecule has 0 radical (unpaired) electrons. The van der Waals surface area contributed by atoms with Crippen LogP contribution in [0.3, 0.4) is 0 Å². The fourth-order valence-electron chi connectivity index (χ4n) is 7.50. The summed E-state index contributed by atoms with van der Waals surface area (Å²) in [5.41, 5.74) is 2.01. The summed E-state index contributed by atoms with van der Waals surface area (Å²) in [5, 5.41) is 3.74. The van der Waals surface area contributed by atoms with Crippen LogP contribution in [0.4, 0.5) is 5.82 Å². The van der Waals surface area contributed by atoms with E-state index in [0.717, 1.165) is 41.1 Å². The number of aryl methyl sites for hydroxylation is 1. The van der Waals surface area contributed by atoms with Crippen LogP contribution in [-0.2, 0) is 14.9 Å². The number of nitrogens with one attached hydrogen (secondary N) is 1. The monoisotopic (exact) mass is 565 g/mol. The molecule has 2 saturated carbocycles. The summed E-state index contributed by atoms with van der Waals surface area (Å²) in [4.78, 5) is 17.9. The van der Waals surface area contributed by atoms with Crippen molar-refractivity contribution in [2.24, 2.45) is 22.2 Å². The Kier molecular flexibility index (Phi) is 6.68. The van der Waals surface area contributed by atoms with Crippen molar-refractivity contribution in [3.05, 3.63) is 48.2 Å². The molecule has 1 N–H and O–H groups in total. The van der Waals surface area contributed by atoms with Crippen molar-refractivity contribution in [3.8, 4) is 17.0 Å². The van der Waals surface area contributed by atoms with Gasteiger partial charge in [0.05, 0.1) is 11.2 Å². The smallest absolute Gasteiger partial charge is 0.310 e. The molecule has 0 amide bonds. The second-order valence-electron chi connectivity index (χ2n) is 14.4. The van der Waals surface area contributed by atoms with Gasteiger partial charge in [-0.15, -0.1) is 0 Å². The molecular weight excluding hydrogens is 522 g/mol. The summed E-state index contributed by atoms with van der Waals surface area (Å²) in [5.74, 6) is 1.09. The molecule has 216 valence electrons. The molecule has 0 aliphatic heterocycles. The van der Waals surface area contributed by atoms with Gasteiger partial charge in [-0.2, -0.15) is 8.42 Å². The summed E-state index contributed by atoms with van der Waals surface area (Å²) >= 11 is 0. The third-order valence-electron chi connectivity index (χ3n) is 9.17. The molecule has 2 atom stereocenters. The molecule has 8 heteroatoms. The van der Waals surface area contributed by atoms with Gasteiger partial charge in [0, 0.05) is 23.7 Å². The first-order chi connectivity index (χ1) is 18.4. The number of rotatable bonds is 8. The molecule has 0 spiro atoms. The maximum atomic E-state index is 13.4. The fraction of sp³-hybridized carbons (Fsp3) is 0.562. The molecule has 3 aromatic rings. The fourth-order valence-corrected chi connectivity index (χ4v) is 9.23. The molecule has 40 heavy (non-hydrogen) atoms. The van der Waals surface area contributed by atoms with Gasteiger partial charge in [0.1, 0.15) is 28.7 Å². The summed E-state index contributed by atoms with van der Waals surface area (Å²) in [6.45, 7) is 17.1. The minimum Gasteiger partial charge on any atom is -0.382 e. The minimum atomic E-state index is -4.02. The lowest BCUT2D eigenvalue weighted by Gasteiger charge is -2.35. The normalized spacial score (nSPS) is 22.7. The Balaban J connectivity index is 1.49. The zero-order valence-corrected chi connectivity index (χ0v) is 25.9. The molecule has 0 saturated heterocycles. The van der Waals surface area contributed by atoms with Gasteiger partial charge in [-0.05, 0) is 80.5 Å². The second kappa shape index (κ2) is 9.33. The number of imidazole rings is 1. The summed E-state index contributed by atoms with van der Waals surface area (Å²) in [6.07, 6.45) is 4.88. The quantitative estimate of drug-likeness (QED) is 0.295. The van der Waals surface area contributed by atoms with Crippen molar-refractivity contribution >= 4 is 27.4 Å². The first-order valence-electron chi connectivity index (χ1n) is 14.2. The molecule has 2 unspecified atom stereocenters. The SMILES string of the molecule is Cc1cccn2c(NC(C)(C)CC(C)(C)C)c(-c3cccc(OS(=O)(=O)CC45CCC(CC4=O)C5(C)C)c3)nc12. The van der Waals surface area contributed by atoms with Crippen LogP contribution in [0.5, 0.6) is 5.75 Å². The Morgan fingerprint density at radius 3 is 2.48 bits per heavy atom. The van der Waals surface area contributed by atoms with E-state index in [-0.39, 0.29) is 39.6 Å². The van der Waals surface area contributed by atoms with Crippen LogP contribution in [0.2, 0.25) is 0 Å². The van der Waals surface area contributed by atoms with Crippen LogP contribution >= 0.6 is 0 Å². The summed E-state index contributed by atoms with van der Waals surface area (Å²) < 4.78 is 34.5. The number of ketones is 1. The highest BCUT2D eigenvalue weighted by Crippen LogP contribution is 2.64. The van der Waals surface area contributed by atoms with Crippen LogP contribution in [-0.4, -0.2) is 34.9 Å². The van der Waals surface area contributed by atoms with E-state index in [9.17, 15) is 13.2 Å². The third kappa shape index (κ3) is 5.04. The van der Waals surface area contributed by atoms with E-state index in [1.54, 1.807) is 18.2 Å². The van der Waals surface area contributed by atoms with Crippen molar-refractivity contribution in [3.63, 3.8) is 0 Å². The highest BCUT2D eigenvalue weighted by atomic mass is 32.2. The zero-order valence-electron chi connectivity index (χ0n) is 25.1. The Morgan fingerprint density at radius 2 is 1.85 bits per heavy atom. The maximum Gasteiger partial charge on any atom is 0.310 e. The number of hydrogen-bond acceptors (Lipinski definition) is 6. The van der Waals surface area contributed by atoms with Crippen LogP contribution in [0.25, 0.3) is 16.9 Å². The molecular formula is C32H43N3O4S. The molecule has 1 aromatic carbocycles. The van der Waals surface area contributed by atoms with E-state index in [1.807, 2.05) is 45.2 Å². The number of benzene rings is 1. The number of carbonyl (C=O) groups is 1. The highest BCUT2D eigenvalue weighted by molar-refractivity contribution is 7.87. The van der Waals surface area contributed by atoms with E-state index >= 15 is 0 Å². The number of aromatic nitrogens is 2. The van der Waals surface area contributed by atoms with Crippen molar-refractivity contribution < 1.29 is 17.4 Å². The van der Waals surface area contributed by atoms with Crippen LogP contribution < -0.4 is 9.50 Å². The minimum absolute atomic E-state index is 0.0586.